The molecule has 1 N–H and O–H groups in total. The van der Waals surface area contributed by atoms with Crippen molar-refractivity contribution in [2.45, 2.75) is 51.6 Å². The van der Waals surface area contributed by atoms with Crippen molar-refractivity contribution < 1.29 is 5.11 Å². The summed E-state index contributed by atoms with van der Waals surface area (Å²) in [5, 5.41) is 10.5. The van der Waals surface area contributed by atoms with Crippen LogP contribution in [0.25, 0.3) is 0 Å². The fourth-order valence-corrected chi connectivity index (χ4v) is 3.08. The molecule has 2 rings (SSSR count). The maximum absolute atomic E-state index is 10.5. The highest BCUT2D eigenvalue weighted by Gasteiger charge is 2.27. The molecule has 0 aromatic carbocycles. The number of hydrogen-bond acceptors (Lipinski definition) is 3. The van der Waals surface area contributed by atoms with Crippen molar-refractivity contribution in [2.75, 3.05) is 19.6 Å². The first-order valence-corrected chi connectivity index (χ1v) is 7.60. The topological polar surface area (TPSA) is 36.4 Å². The quantitative estimate of drug-likeness (QED) is 0.856. The van der Waals surface area contributed by atoms with Gasteiger partial charge in [0, 0.05) is 24.4 Å². The van der Waals surface area contributed by atoms with E-state index in [2.05, 4.69) is 29.8 Å². The predicted molar refractivity (Wildman–Crippen MR) is 78.3 cm³/mol. The van der Waals surface area contributed by atoms with E-state index in [4.69, 9.17) is 0 Å². The first kappa shape index (κ1) is 14.5. The monoisotopic (exact) mass is 262 g/mol. The molecule has 3 nitrogen and oxygen atoms in total. The fraction of sp³-hybridized carbons (Fsp3) is 0.688. The van der Waals surface area contributed by atoms with E-state index in [-0.39, 0.29) is 12.0 Å². The Morgan fingerprint density at radius 1 is 1.42 bits per heavy atom. The van der Waals surface area contributed by atoms with Gasteiger partial charge in [0.05, 0.1) is 6.10 Å². The maximum Gasteiger partial charge on any atom is 0.0636 e. The number of aliphatic hydroxyl groups excluding tert-OH is 1. The summed E-state index contributed by atoms with van der Waals surface area (Å²) in [7, 11) is 0. The standard InChI is InChI=1S/C16H26N2O/c1-3-18(4-2)12-10-15(19)14-9-5-7-13-8-6-11-17-16(13)14/h6,8,11,14-15,19H,3-5,7,9-10,12H2,1-2H3. The number of hydrogen-bond donors (Lipinski definition) is 1. The second-order valence-corrected chi connectivity index (χ2v) is 5.43. The summed E-state index contributed by atoms with van der Waals surface area (Å²) in [6.45, 7) is 7.44. The van der Waals surface area contributed by atoms with Gasteiger partial charge in [0.15, 0.2) is 0 Å². The van der Waals surface area contributed by atoms with Crippen molar-refractivity contribution in [2.24, 2.45) is 0 Å². The lowest BCUT2D eigenvalue weighted by molar-refractivity contribution is 0.108. The van der Waals surface area contributed by atoms with Crippen molar-refractivity contribution >= 4 is 0 Å². The predicted octanol–water partition coefficient (Wildman–Crippen LogP) is 2.59. The van der Waals surface area contributed by atoms with Crippen LogP contribution in [0.15, 0.2) is 18.3 Å². The Bertz CT molecular complexity index is 390. The van der Waals surface area contributed by atoms with E-state index in [0.717, 1.165) is 44.6 Å². The van der Waals surface area contributed by atoms with Gasteiger partial charge in [-0.3, -0.25) is 4.98 Å². The van der Waals surface area contributed by atoms with Gasteiger partial charge >= 0.3 is 0 Å². The van der Waals surface area contributed by atoms with Crippen LogP contribution in [0.2, 0.25) is 0 Å². The third-order valence-corrected chi connectivity index (χ3v) is 4.34. The molecule has 1 aromatic rings. The molecule has 2 unspecified atom stereocenters. The van der Waals surface area contributed by atoms with Crippen molar-refractivity contribution in [3.63, 3.8) is 0 Å². The molecule has 1 aromatic heterocycles. The van der Waals surface area contributed by atoms with Gasteiger partial charge in [0.1, 0.15) is 0 Å². The molecular formula is C16H26N2O. The molecule has 1 heterocycles. The molecule has 0 saturated carbocycles. The minimum atomic E-state index is -0.255. The van der Waals surface area contributed by atoms with Crippen LogP contribution in [-0.2, 0) is 6.42 Å². The number of aryl methyl sites for hydroxylation is 1. The molecule has 3 heteroatoms. The molecule has 0 fully saturated rings. The molecule has 0 saturated heterocycles. The lowest BCUT2D eigenvalue weighted by Crippen LogP contribution is -2.31. The Morgan fingerprint density at radius 3 is 2.95 bits per heavy atom. The van der Waals surface area contributed by atoms with Gasteiger partial charge in [-0.15, -0.1) is 0 Å². The highest BCUT2D eigenvalue weighted by molar-refractivity contribution is 5.26. The Morgan fingerprint density at radius 2 is 2.21 bits per heavy atom. The fourth-order valence-electron chi connectivity index (χ4n) is 3.08. The van der Waals surface area contributed by atoms with Crippen LogP contribution >= 0.6 is 0 Å². The summed E-state index contributed by atoms with van der Waals surface area (Å²) in [6, 6.07) is 4.16. The lowest BCUT2D eigenvalue weighted by Gasteiger charge is -2.29. The van der Waals surface area contributed by atoms with Crippen LogP contribution in [-0.4, -0.2) is 40.7 Å². The minimum absolute atomic E-state index is 0.237. The molecule has 2 atom stereocenters. The van der Waals surface area contributed by atoms with Crippen LogP contribution in [0.3, 0.4) is 0 Å². The number of aliphatic hydroxyl groups is 1. The van der Waals surface area contributed by atoms with Gasteiger partial charge in [0.2, 0.25) is 0 Å². The number of fused-ring (bicyclic) bond motifs is 1. The summed E-state index contributed by atoms with van der Waals surface area (Å²) < 4.78 is 0. The van der Waals surface area contributed by atoms with Gasteiger partial charge in [-0.1, -0.05) is 19.9 Å². The van der Waals surface area contributed by atoms with E-state index in [1.807, 2.05) is 12.3 Å². The lowest BCUT2D eigenvalue weighted by atomic mass is 9.82. The third kappa shape index (κ3) is 3.54. The third-order valence-electron chi connectivity index (χ3n) is 4.34. The highest BCUT2D eigenvalue weighted by atomic mass is 16.3. The highest BCUT2D eigenvalue weighted by Crippen LogP contribution is 2.33. The molecule has 1 aliphatic carbocycles. The van der Waals surface area contributed by atoms with E-state index in [9.17, 15) is 5.11 Å². The minimum Gasteiger partial charge on any atom is -0.392 e. The summed E-state index contributed by atoms with van der Waals surface area (Å²) in [6.07, 6.45) is 5.81. The number of nitrogens with zero attached hydrogens (tertiary/aromatic N) is 2. The molecule has 106 valence electrons. The van der Waals surface area contributed by atoms with Crippen LogP contribution in [0, 0.1) is 0 Å². The number of rotatable bonds is 6. The SMILES string of the molecule is CCN(CC)CCC(O)C1CCCc2cccnc21. The Hall–Kier alpha value is -0.930. The van der Waals surface area contributed by atoms with E-state index in [1.165, 1.54) is 12.0 Å². The summed E-state index contributed by atoms with van der Waals surface area (Å²) in [5.74, 6) is 0.237. The molecule has 0 spiro atoms. The largest absolute Gasteiger partial charge is 0.392 e. The zero-order valence-electron chi connectivity index (χ0n) is 12.2. The molecule has 0 bridgehead atoms. The first-order valence-electron chi connectivity index (χ1n) is 7.60. The van der Waals surface area contributed by atoms with Gasteiger partial charge in [-0.05, 0) is 50.4 Å². The second-order valence-electron chi connectivity index (χ2n) is 5.43. The van der Waals surface area contributed by atoms with E-state index < -0.39 is 0 Å². The van der Waals surface area contributed by atoms with Gasteiger partial charge in [0.25, 0.3) is 0 Å². The van der Waals surface area contributed by atoms with Crippen LogP contribution in [0.4, 0.5) is 0 Å². The molecule has 0 amide bonds. The molecule has 1 aliphatic rings. The van der Waals surface area contributed by atoms with E-state index in [1.54, 1.807) is 0 Å². The average Bonchev–Trinajstić information content (AvgIpc) is 2.47. The van der Waals surface area contributed by atoms with E-state index in [0.29, 0.717) is 0 Å². The van der Waals surface area contributed by atoms with Crippen LogP contribution in [0.5, 0.6) is 0 Å². The Kier molecular flexibility index (Phi) is 5.34. The van der Waals surface area contributed by atoms with Crippen molar-refractivity contribution in [1.82, 2.24) is 9.88 Å². The maximum atomic E-state index is 10.5. The number of pyridine rings is 1. The normalized spacial score (nSPS) is 20.3. The molecular weight excluding hydrogens is 236 g/mol. The summed E-state index contributed by atoms with van der Waals surface area (Å²) in [5.41, 5.74) is 2.47. The Balaban J connectivity index is 1.98. The number of aromatic nitrogens is 1. The molecule has 0 radical (unpaired) electrons. The molecule has 19 heavy (non-hydrogen) atoms. The van der Waals surface area contributed by atoms with Crippen molar-refractivity contribution in [3.8, 4) is 0 Å². The van der Waals surface area contributed by atoms with Crippen LogP contribution in [0.1, 0.15) is 50.3 Å². The van der Waals surface area contributed by atoms with E-state index >= 15 is 0 Å². The zero-order valence-corrected chi connectivity index (χ0v) is 12.2. The van der Waals surface area contributed by atoms with Gasteiger partial charge in [-0.2, -0.15) is 0 Å². The smallest absolute Gasteiger partial charge is 0.0636 e. The molecule has 0 aliphatic heterocycles. The zero-order chi connectivity index (χ0) is 13.7. The van der Waals surface area contributed by atoms with Crippen molar-refractivity contribution in [3.05, 3.63) is 29.6 Å². The van der Waals surface area contributed by atoms with Crippen molar-refractivity contribution in [1.29, 1.82) is 0 Å². The summed E-state index contributed by atoms with van der Waals surface area (Å²) >= 11 is 0. The van der Waals surface area contributed by atoms with Gasteiger partial charge in [-0.25, -0.2) is 0 Å². The van der Waals surface area contributed by atoms with Gasteiger partial charge < -0.3 is 10.0 Å². The average molecular weight is 262 g/mol. The summed E-state index contributed by atoms with van der Waals surface area (Å²) in [4.78, 5) is 6.88. The first-order chi connectivity index (χ1) is 9.26. The Labute approximate surface area is 116 Å². The second kappa shape index (κ2) is 7.01. The van der Waals surface area contributed by atoms with Crippen LogP contribution < -0.4 is 0 Å².